The summed E-state index contributed by atoms with van der Waals surface area (Å²) in [6.45, 7) is 7.15. The Bertz CT molecular complexity index is 1050. The van der Waals surface area contributed by atoms with Crippen molar-refractivity contribution in [1.82, 2.24) is 10.0 Å². The molecule has 0 spiro atoms. The molecule has 8 nitrogen and oxygen atoms in total. The number of rotatable bonds is 12. The molecule has 0 radical (unpaired) electrons. The Morgan fingerprint density at radius 1 is 1.06 bits per heavy atom. The molecule has 2 rings (SSSR count). The summed E-state index contributed by atoms with van der Waals surface area (Å²) in [6, 6.07) is 13.4. The number of sulfonamides is 1. The molecule has 0 fully saturated rings. The van der Waals surface area contributed by atoms with Crippen LogP contribution in [0.25, 0.3) is 0 Å². The summed E-state index contributed by atoms with van der Waals surface area (Å²) in [5, 5.41) is 13.1. The van der Waals surface area contributed by atoms with Gasteiger partial charge in [-0.3, -0.25) is 4.79 Å². The fraction of sp³-hybridized carbons (Fsp3) is 0.417. The van der Waals surface area contributed by atoms with Gasteiger partial charge in [-0.25, -0.2) is 13.1 Å². The first-order valence-corrected chi connectivity index (χ1v) is 12.2. The van der Waals surface area contributed by atoms with E-state index in [1.807, 2.05) is 19.1 Å². The number of hydrogen-bond donors (Lipinski definition) is 2. The summed E-state index contributed by atoms with van der Waals surface area (Å²) in [4.78, 5) is 23.0. The molecule has 180 valence electrons. The molecular weight excluding hydrogens is 467 g/mol. The van der Waals surface area contributed by atoms with Crippen molar-refractivity contribution in [2.75, 3.05) is 6.54 Å². The van der Waals surface area contributed by atoms with Crippen LogP contribution in [0.4, 0.5) is 0 Å². The number of amides is 1. The SMILES string of the molecule is Cc1ccc(S(=O)(=O)N[C@H](C)Cc2ccc(OC(C)(C)C(=O)NCCCC(=O)[O-])cc2)cc1.[Na+]. The van der Waals surface area contributed by atoms with E-state index >= 15 is 0 Å². The first-order chi connectivity index (χ1) is 15.4. The topological polar surface area (TPSA) is 125 Å². The number of carbonyl (C=O) groups is 2. The van der Waals surface area contributed by atoms with E-state index in [-0.39, 0.29) is 65.8 Å². The molecule has 0 aliphatic rings. The molecule has 0 saturated carbocycles. The van der Waals surface area contributed by atoms with E-state index < -0.39 is 21.6 Å². The second kappa shape index (κ2) is 13.3. The Labute approximate surface area is 223 Å². The van der Waals surface area contributed by atoms with Gasteiger partial charge in [0.1, 0.15) is 5.75 Å². The van der Waals surface area contributed by atoms with Crippen LogP contribution in [0.1, 0.15) is 44.7 Å². The van der Waals surface area contributed by atoms with Crippen molar-refractivity contribution < 1.29 is 57.4 Å². The number of carbonyl (C=O) groups excluding carboxylic acids is 2. The number of ether oxygens (including phenoxy) is 1. The number of aryl methyl sites for hydroxylation is 1. The number of carboxylic acid groups (broad SMARTS) is 1. The molecule has 0 aliphatic heterocycles. The van der Waals surface area contributed by atoms with Crippen molar-refractivity contribution in [3.63, 3.8) is 0 Å². The van der Waals surface area contributed by atoms with Crippen LogP contribution >= 0.6 is 0 Å². The summed E-state index contributed by atoms with van der Waals surface area (Å²) in [5.41, 5.74) is 0.742. The van der Waals surface area contributed by atoms with Crippen LogP contribution in [0.2, 0.25) is 0 Å². The van der Waals surface area contributed by atoms with E-state index in [4.69, 9.17) is 4.74 Å². The number of carboxylic acids is 1. The first-order valence-electron chi connectivity index (χ1n) is 10.7. The number of benzene rings is 2. The quantitative estimate of drug-likeness (QED) is 0.277. The molecule has 2 aromatic carbocycles. The van der Waals surface area contributed by atoms with Gasteiger partial charge in [0, 0.05) is 18.6 Å². The van der Waals surface area contributed by atoms with Crippen molar-refractivity contribution in [3.05, 3.63) is 59.7 Å². The minimum atomic E-state index is -3.61. The molecule has 0 bridgehead atoms. The second-order valence-electron chi connectivity index (χ2n) is 8.53. The summed E-state index contributed by atoms with van der Waals surface area (Å²) >= 11 is 0. The normalized spacial score (nSPS) is 12.4. The third kappa shape index (κ3) is 9.76. The van der Waals surface area contributed by atoms with Crippen LogP contribution in [0.3, 0.4) is 0 Å². The van der Waals surface area contributed by atoms with E-state index in [1.54, 1.807) is 57.2 Å². The van der Waals surface area contributed by atoms with E-state index in [0.29, 0.717) is 12.2 Å². The van der Waals surface area contributed by atoms with Crippen molar-refractivity contribution in [2.45, 2.75) is 63.5 Å². The van der Waals surface area contributed by atoms with E-state index in [0.717, 1.165) is 11.1 Å². The number of nitrogens with one attached hydrogen (secondary N) is 2. The average molecular weight is 499 g/mol. The minimum Gasteiger partial charge on any atom is -0.550 e. The summed E-state index contributed by atoms with van der Waals surface area (Å²) in [6.07, 6.45) is 0.640. The summed E-state index contributed by atoms with van der Waals surface area (Å²) in [7, 11) is -3.61. The monoisotopic (exact) mass is 498 g/mol. The van der Waals surface area contributed by atoms with Crippen LogP contribution < -0.4 is 49.4 Å². The van der Waals surface area contributed by atoms with Gasteiger partial charge in [-0.15, -0.1) is 0 Å². The first kappa shape index (κ1) is 30.1. The van der Waals surface area contributed by atoms with Crippen LogP contribution in [0, 0.1) is 6.92 Å². The number of hydrogen-bond acceptors (Lipinski definition) is 6. The van der Waals surface area contributed by atoms with Crippen LogP contribution in [-0.2, 0) is 26.0 Å². The Kier molecular flexibility index (Phi) is 11.7. The molecule has 1 amide bonds. The molecule has 2 aromatic rings. The van der Waals surface area contributed by atoms with Gasteiger partial charge in [0.25, 0.3) is 5.91 Å². The molecular formula is C24H31N2NaO6S. The van der Waals surface area contributed by atoms with Crippen LogP contribution in [-0.4, -0.2) is 38.5 Å². The standard InChI is InChI=1S/C24H32N2O6S.Na/c1-17-7-13-21(14-8-17)33(30,31)26-18(2)16-19-9-11-20(12-10-19)32-24(3,4)23(29)25-15-5-6-22(27)28;/h7-14,18,26H,5-6,15-16H2,1-4H3,(H,25,29)(H,27,28);/q;+1/p-1/t18-;/m1./s1. The Morgan fingerprint density at radius 2 is 1.65 bits per heavy atom. The second-order valence-corrected chi connectivity index (χ2v) is 10.2. The Morgan fingerprint density at radius 3 is 2.21 bits per heavy atom. The predicted octanol–water partition coefficient (Wildman–Crippen LogP) is -1.29. The maximum absolute atomic E-state index is 12.5. The van der Waals surface area contributed by atoms with Gasteiger partial charge in [-0.1, -0.05) is 29.8 Å². The van der Waals surface area contributed by atoms with E-state index in [9.17, 15) is 23.1 Å². The predicted molar refractivity (Wildman–Crippen MR) is 123 cm³/mol. The van der Waals surface area contributed by atoms with Crippen molar-refractivity contribution in [1.29, 1.82) is 0 Å². The molecule has 10 heteroatoms. The third-order valence-electron chi connectivity index (χ3n) is 4.92. The van der Waals surface area contributed by atoms with Crippen molar-refractivity contribution in [2.24, 2.45) is 0 Å². The third-order valence-corrected chi connectivity index (χ3v) is 6.52. The maximum atomic E-state index is 12.5. The summed E-state index contributed by atoms with van der Waals surface area (Å²) < 4.78 is 33.6. The fourth-order valence-electron chi connectivity index (χ4n) is 3.13. The van der Waals surface area contributed by atoms with Gasteiger partial charge in [0.05, 0.1) is 4.90 Å². The van der Waals surface area contributed by atoms with E-state index in [2.05, 4.69) is 10.0 Å². The zero-order valence-corrected chi connectivity index (χ0v) is 23.2. The molecule has 2 N–H and O–H groups in total. The molecule has 0 aliphatic carbocycles. The van der Waals surface area contributed by atoms with Crippen molar-refractivity contribution >= 4 is 21.9 Å². The van der Waals surface area contributed by atoms with Crippen molar-refractivity contribution in [3.8, 4) is 5.75 Å². The van der Waals surface area contributed by atoms with Gasteiger partial charge in [-0.2, -0.15) is 0 Å². The molecule has 0 saturated heterocycles. The zero-order chi connectivity index (χ0) is 24.6. The molecule has 0 heterocycles. The van der Waals surface area contributed by atoms with Crippen LogP contribution in [0.5, 0.6) is 5.75 Å². The maximum Gasteiger partial charge on any atom is 1.00 e. The number of aliphatic carboxylic acids is 1. The molecule has 1 atom stereocenters. The molecule has 0 unspecified atom stereocenters. The van der Waals surface area contributed by atoms with Gasteiger partial charge in [0.2, 0.25) is 10.0 Å². The smallest absolute Gasteiger partial charge is 0.550 e. The zero-order valence-electron chi connectivity index (χ0n) is 20.4. The van der Waals surface area contributed by atoms with E-state index in [1.165, 1.54) is 0 Å². The summed E-state index contributed by atoms with van der Waals surface area (Å²) in [5.74, 6) is -1.03. The Balaban J connectivity index is 0.00000578. The van der Waals surface area contributed by atoms with Crippen LogP contribution in [0.15, 0.2) is 53.4 Å². The van der Waals surface area contributed by atoms with Gasteiger partial charge in [0.15, 0.2) is 5.60 Å². The Hall–Kier alpha value is -1.91. The van der Waals surface area contributed by atoms with Gasteiger partial charge in [-0.05, 0) is 76.8 Å². The largest absolute Gasteiger partial charge is 1.00 e. The molecule has 0 aromatic heterocycles. The van der Waals surface area contributed by atoms with Gasteiger partial charge >= 0.3 is 29.6 Å². The fourth-order valence-corrected chi connectivity index (χ4v) is 4.37. The minimum absolute atomic E-state index is 0. The molecule has 34 heavy (non-hydrogen) atoms. The van der Waals surface area contributed by atoms with Gasteiger partial charge < -0.3 is 20.0 Å². The average Bonchev–Trinajstić information content (AvgIpc) is 2.72.